The Morgan fingerprint density at radius 2 is 1.53 bits per heavy atom. The van der Waals surface area contributed by atoms with Crippen molar-refractivity contribution in [2.45, 2.75) is 57.8 Å². The minimum Gasteiger partial charge on any atom is -0.505 e. The minimum atomic E-state index is 0.0557. The highest BCUT2D eigenvalue weighted by Gasteiger charge is 2.61. The van der Waals surface area contributed by atoms with Crippen molar-refractivity contribution in [3.05, 3.63) is 59.2 Å². The lowest BCUT2D eigenvalue weighted by Crippen LogP contribution is -2.56. The highest BCUT2D eigenvalue weighted by molar-refractivity contribution is 5.68. The SMILES string of the molecule is CC12CC3CC(C)(C1)CC(c1ccc(C#CC#Cc4ccccc4)c(N)c1O)(C3)C2. The van der Waals surface area contributed by atoms with Gasteiger partial charge >= 0.3 is 0 Å². The van der Waals surface area contributed by atoms with Crippen LogP contribution in [-0.4, -0.2) is 5.11 Å². The van der Waals surface area contributed by atoms with Crippen LogP contribution in [-0.2, 0) is 5.41 Å². The number of phenolic OH excluding ortho intramolecular Hbond substituents is 1. The monoisotopic (exact) mass is 395 g/mol. The van der Waals surface area contributed by atoms with Crippen LogP contribution < -0.4 is 5.73 Å². The second-order valence-corrected chi connectivity index (χ2v) is 10.7. The van der Waals surface area contributed by atoms with Gasteiger partial charge in [-0.2, -0.15) is 0 Å². The first-order chi connectivity index (χ1) is 14.3. The molecule has 0 amide bonds. The van der Waals surface area contributed by atoms with Gasteiger partial charge in [0.05, 0.1) is 11.3 Å². The maximum absolute atomic E-state index is 11.1. The van der Waals surface area contributed by atoms with Gasteiger partial charge < -0.3 is 10.8 Å². The highest BCUT2D eigenvalue weighted by atomic mass is 16.3. The van der Waals surface area contributed by atoms with Crippen LogP contribution in [0.5, 0.6) is 5.75 Å². The van der Waals surface area contributed by atoms with Crippen LogP contribution in [0.1, 0.15) is 69.1 Å². The normalized spacial score (nSPS) is 33.3. The van der Waals surface area contributed by atoms with Crippen molar-refractivity contribution in [2.75, 3.05) is 5.73 Å². The fraction of sp³-hybridized carbons (Fsp3) is 0.429. The van der Waals surface area contributed by atoms with E-state index < -0.39 is 0 Å². The van der Waals surface area contributed by atoms with Gasteiger partial charge in [0.25, 0.3) is 0 Å². The van der Waals surface area contributed by atoms with Crippen molar-refractivity contribution in [3.8, 4) is 29.4 Å². The molecule has 4 saturated carbocycles. The molecule has 0 aliphatic heterocycles. The van der Waals surface area contributed by atoms with Crippen LogP contribution in [0.15, 0.2) is 42.5 Å². The molecule has 0 radical (unpaired) electrons. The van der Waals surface area contributed by atoms with Gasteiger partial charge in [-0.1, -0.05) is 50.0 Å². The average molecular weight is 396 g/mol. The molecule has 2 nitrogen and oxygen atoms in total. The van der Waals surface area contributed by atoms with E-state index in [-0.39, 0.29) is 11.2 Å². The molecular weight excluding hydrogens is 366 g/mol. The maximum atomic E-state index is 11.1. The average Bonchev–Trinajstić information content (AvgIpc) is 2.66. The highest BCUT2D eigenvalue weighted by Crippen LogP contribution is 2.70. The van der Waals surface area contributed by atoms with E-state index in [1.165, 1.54) is 25.7 Å². The molecule has 0 heterocycles. The van der Waals surface area contributed by atoms with Gasteiger partial charge in [-0.05, 0) is 85.3 Å². The van der Waals surface area contributed by atoms with Crippen molar-refractivity contribution in [3.63, 3.8) is 0 Å². The summed E-state index contributed by atoms with van der Waals surface area (Å²) in [7, 11) is 0. The third-order valence-electron chi connectivity index (χ3n) is 7.65. The van der Waals surface area contributed by atoms with Gasteiger partial charge in [0.15, 0.2) is 0 Å². The first-order valence-electron chi connectivity index (χ1n) is 11.0. The summed E-state index contributed by atoms with van der Waals surface area (Å²) in [6.45, 7) is 4.91. The quantitative estimate of drug-likeness (QED) is 0.374. The van der Waals surface area contributed by atoms with Gasteiger partial charge in [0.2, 0.25) is 0 Å². The number of aromatic hydroxyl groups is 1. The Hall–Kier alpha value is -2.84. The Labute approximate surface area is 179 Å². The summed E-state index contributed by atoms with van der Waals surface area (Å²) in [6.07, 6.45) is 7.49. The number of rotatable bonds is 1. The lowest BCUT2D eigenvalue weighted by molar-refractivity contribution is -0.110. The van der Waals surface area contributed by atoms with Crippen LogP contribution in [0.3, 0.4) is 0 Å². The number of nitrogen functional groups attached to an aromatic ring is 1. The zero-order valence-electron chi connectivity index (χ0n) is 17.9. The number of hydrogen-bond acceptors (Lipinski definition) is 2. The number of anilines is 1. The largest absolute Gasteiger partial charge is 0.505 e. The standard InChI is InChI=1S/C28H29NO/c1-26-14-21-15-27(2,17-26)19-28(16-21,18-26)23-13-12-22(24(29)25(23)30)11-7-6-10-20-8-4-3-5-9-20/h3-5,8-9,12-13,21,30H,14-19,29H2,1-2H3. The summed E-state index contributed by atoms with van der Waals surface area (Å²) >= 11 is 0. The van der Waals surface area contributed by atoms with Gasteiger partial charge in [0.1, 0.15) is 5.75 Å². The molecule has 30 heavy (non-hydrogen) atoms. The molecule has 6 rings (SSSR count). The minimum absolute atomic E-state index is 0.0557. The van der Waals surface area contributed by atoms with Crippen molar-refractivity contribution in [1.29, 1.82) is 0 Å². The third-order valence-corrected chi connectivity index (χ3v) is 7.65. The first kappa shape index (κ1) is 19.1. The molecule has 2 aromatic rings. The molecule has 4 bridgehead atoms. The van der Waals surface area contributed by atoms with Gasteiger partial charge in [-0.15, -0.1) is 0 Å². The molecule has 4 fully saturated rings. The van der Waals surface area contributed by atoms with Crippen molar-refractivity contribution >= 4 is 5.69 Å². The first-order valence-corrected chi connectivity index (χ1v) is 11.0. The van der Waals surface area contributed by atoms with Gasteiger partial charge in [0, 0.05) is 16.5 Å². The second kappa shape index (κ2) is 6.58. The lowest BCUT2D eigenvalue weighted by Gasteiger charge is -2.65. The molecule has 2 heteroatoms. The second-order valence-electron chi connectivity index (χ2n) is 10.7. The number of phenols is 1. The Bertz CT molecular complexity index is 1110. The van der Waals surface area contributed by atoms with Crippen molar-refractivity contribution in [1.82, 2.24) is 0 Å². The molecule has 3 N–H and O–H groups in total. The van der Waals surface area contributed by atoms with Crippen molar-refractivity contribution in [2.24, 2.45) is 16.7 Å². The summed E-state index contributed by atoms with van der Waals surface area (Å²) in [4.78, 5) is 0. The lowest BCUT2D eigenvalue weighted by atomic mass is 9.39. The van der Waals surface area contributed by atoms with Gasteiger partial charge in [-0.3, -0.25) is 0 Å². The van der Waals surface area contributed by atoms with E-state index >= 15 is 0 Å². The van der Waals surface area contributed by atoms with E-state index in [9.17, 15) is 5.11 Å². The fourth-order valence-corrected chi connectivity index (χ4v) is 7.62. The molecule has 0 aromatic heterocycles. The molecule has 152 valence electrons. The Morgan fingerprint density at radius 3 is 2.20 bits per heavy atom. The number of hydrogen-bond donors (Lipinski definition) is 2. The third kappa shape index (κ3) is 3.16. The van der Waals surface area contributed by atoms with E-state index in [2.05, 4.69) is 43.6 Å². The Balaban J connectivity index is 1.46. The van der Waals surface area contributed by atoms with Crippen LogP contribution >= 0.6 is 0 Å². The molecule has 2 unspecified atom stereocenters. The number of benzene rings is 2. The maximum Gasteiger partial charge on any atom is 0.143 e. The van der Waals surface area contributed by atoms with E-state index in [1.54, 1.807) is 0 Å². The summed E-state index contributed by atoms with van der Waals surface area (Å²) in [5, 5.41) is 11.1. The van der Waals surface area contributed by atoms with Crippen LogP contribution in [0, 0.1) is 40.4 Å². The van der Waals surface area contributed by atoms with E-state index in [0.717, 1.165) is 29.9 Å². The van der Waals surface area contributed by atoms with Crippen LogP contribution in [0.4, 0.5) is 5.69 Å². The predicted molar refractivity (Wildman–Crippen MR) is 122 cm³/mol. The molecular formula is C28H29NO. The molecule has 2 aromatic carbocycles. The summed E-state index contributed by atoms with van der Waals surface area (Å²) in [5.74, 6) is 12.8. The fourth-order valence-electron chi connectivity index (χ4n) is 7.62. The van der Waals surface area contributed by atoms with Crippen LogP contribution in [0.2, 0.25) is 0 Å². The zero-order valence-corrected chi connectivity index (χ0v) is 17.9. The van der Waals surface area contributed by atoms with Crippen molar-refractivity contribution < 1.29 is 5.11 Å². The van der Waals surface area contributed by atoms with E-state index in [1.807, 2.05) is 36.4 Å². The van der Waals surface area contributed by atoms with E-state index in [4.69, 9.17) is 5.73 Å². The van der Waals surface area contributed by atoms with Gasteiger partial charge in [-0.25, -0.2) is 0 Å². The van der Waals surface area contributed by atoms with E-state index in [0.29, 0.717) is 22.1 Å². The smallest absolute Gasteiger partial charge is 0.143 e. The molecule has 4 aliphatic rings. The van der Waals surface area contributed by atoms with Crippen LogP contribution in [0.25, 0.3) is 0 Å². The zero-order chi connectivity index (χ0) is 21.0. The molecule has 0 spiro atoms. The summed E-state index contributed by atoms with van der Waals surface area (Å²) in [6, 6.07) is 13.8. The molecule has 2 atom stereocenters. The molecule has 0 saturated heterocycles. The Morgan fingerprint density at radius 1 is 0.867 bits per heavy atom. The predicted octanol–water partition coefficient (Wildman–Crippen LogP) is 5.63. The topological polar surface area (TPSA) is 46.2 Å². The number of nitrogens with two attached hydrogens (primary N) is 1. The summed E-state index contributed by atoms with van der Waals surface area (Å²) < 4.78 is 0. The summed E-state index contributed by atoms with van der Waals surface area (Å²) in [5.41, 5.74) is 10.2. The molecule has 4 aliphatic carbocycles. The Kier molecular flexibility index (Phi) is 4.20.